The summed E-state index contributed by atoms with van der Waals surface area (Å²) in [4.78, 5) is 22.9. The summed E-state index contributed by atoms with van der Waals surface area (Å²) >= 11 is 6.30. The molecule has 1 fully saturated rings. The summed E-state index contributed by atoms with van der Waals surface area (Å²) in [5, 5.41) is 0. The second-order valence-electron chi connectivity index (χ2n) is 7.36. The van der Waals surface area contributed by atoms with E-state index >= 15 is 0 Å². The molecular weight excluding hydrogens is 384 g/mol. The summed E-state index contributed by atoms with van der Waals surface area (Å²) in [6.45, 7) is 8.68. The van der Waals surface area contributed by atoms with Crippen LogP contribution in [0.4, 0.5) is 0 Å². The fourth-order valence-corrected chi connectivity index (χ4v) is 4.14. The molecular formula is C23H27ClN4O. The van der Waals surface area contributed by atoms with Gasteiger partial charge in [0.05, 0.1) is 11.4 Å². The molecule has 29 heavy (non-hydrogen) atoms. The molecule has 0 aliphatic carbocycles. The molecule has 152 valence electrons. The Morgan fingerprint density at radius 1 is 1.24 bits per heavy atom. The lowest BCUT2D eigenvalue weighted by molar-refractivity contribution is 0.124. The van der Waals surface area contributed by atoms with Crippen LogP contribution in [0.2, 0.25) is 0 Å². The van der Waals surface area contributed by atoms with Gasteiger partial charge in [-0.05, 0) is 24.4 Å². The van der Waals surface area contributed by atoms with Crippen molar-refractivity contribution in [3.63, 3.8) is 0 Å². The minimum absolute atomic E-state index is 0.0859. The first-order valence-electron chi connectivity index (χ1n) is 9.86. The summed E-state index contributed by atoms with van der Waals surface area (Å²) < 4.78 is 2.17. The van der Waals surface area contributed by atoms with E-state index in [1.807, 2.05) is 12.3 Å². The molecule has 3 rings (SSSR count). The van der Waals surface area contributed by atoms with Crippen molar-refractivity contribution < 1.29 is 0 Å². The highest BCUT2D eigenvalue weighted by atomic mass is 35.5. The maximum atomic E-state index is 12.4. The van der Waals surface area contributed by atoms with Gasteiger partial charge in [-0.2, -0.15) is 0 Å². The maximum absolute atomic E-state index is 12.4. The normalized spacial score (nSPS) is 20.5. The molecule has 6 heteroatoms. The van der Waals surface area contributed by atoms with Gasteiger partial charge < -0.3 is 4.57 Å². The molecule has 1 saturated heterocycles. The van der Waals surface area contributed by atoms with Crippen LogP contribution in [0.3, 0.4) is 0 Å². The van der Waals surface area contributed by atoms with Crippen LogP contribution in [0.15, 0.2) is 70.2 Å². The molecule has 0 amide bonds. The summed E-state index contributed by atoms with van der Waals surface area (Å²) in [6, 6.07) is 12.4. The van der Waals surface area contributed by atoms with E-state index in [1.54, 1.807) is 12.3 Å². The number of hydrogen-bond acceptors (Lipinski definition) is 3. The molecule has 2 atom stereocenters. The first-order valence-corrected chi connectivity index (χ1v) is 10.4. The van der Waals surface area contributed by atoms with E-state index in [-0.39, 0.29) is 17.4 Å². The first kappa shape index (κ1) is 21.2. The molecule has 2 aromatic rings. The van der Waals surface area contributed by atoms with E-state index in [0.717, 1.165) is 31.7 Å². The van der Waals surface area contributed by atoms with Crippen LogP contribution in [0.5, 0.6) is 0 Å². The van der Waals surface area contributed by atoms with Crippen molar-refractivity contribution in [1.29, 1.82) is 0 Å². The molecule has 1 aromatic heterocycles. The summed E-state index contributed by atoms with van der Waals surface area (Å²) in [6.07, 6.45) is 7.28. The molecule has 1 aliphatic rings. The zero-order valence-electron chi connectivity index (χ0n) is 16.7. The van der Waals surface area contributed by atoms with Gasteiger partial charge in [-0.3, -0.25) is 9.69 Å². The fourth-order valence-electron chi connectivity index (χ4n) is 3.85. The minimum Gasteiger partial charge on any atom is -0.345 e. The number of benzene rings is 1. The predicted molar refractivity (Wildman–Crippen MR) is 121 cm³/mol. The quantitative estimate of drug-likeness (QED) is 0.389. The number of likely N-dealkylation sites (tertiary alicyclic amines) is 1. The lowest BCUT2D eigenvalue weighted by Crippen LogP contribution is -2.41. The van der Waals surface area contributed by atoms with Crippen LogP contribution in [-0.2, 0) is 12.4 Å². The van der Waals surface area contributed by atoms with Gasteiger partial charge >= 0.3 is 0 Å². The summed E-state index contributed by atoms with van der Waals surface area (Å²) in [5.74, 6) is 0.733. The van der Waals surface area contributed by atoms with E-state index in [0.29, 0.717) is 11.5 Å². The van der Waals surface area contributed by atoms with Crippen molar-refractivity contribution in [2.45, 2.75) is 31.8 Å². The van der Waals surface area contributed by atoms with Gasteiger partial charge in [-0.1, -0.05) is 43.8 Å². The van der Waals surface area contributed by atoms with Crippen molar-refractivity contribution in [1.82, 2.24) is 9.47 Å². The Bertz CT molecular complexity index is 936. The van der Waals surface area contributed by atoms with E-state index in [2.05, 4.69) is 57.2 Å². The van der Waals surface area contributed by atoms with Crippen LogP contribution in [0.1, 0.15) is 36.2 Å². The Morgan fingerprint density at radius 2 is 2.03 bits per heavy atom. The third kappa shape index (κ3) is 5.31. The van der Waals surface area contributed by atoms with E-state index < -0.39 is 0 Å². The number of piperidine rings is 1. The van der Waals surface area contributed by atoms with Crippen molar-refractivity contribution in [2.75, 3.05) is 13.1 Å². The van der Waals surface area contributed by atoms with Crippen molar-refractivity contribution in [2.24, 2.45) is 15.9 Å². The molecule has 5 nitrogen and oxygen atoms in total. The number of halogens is 1. The Hall–Kier alpha value is -2.50. The third-order valence-electron chi connectivity index (χ3n) is 5.45. The molecule has 1 aromatic carbocycles. The van der Waals surface area contributed by atoms with Gasteiger partial charge in [0.2, 0.25) is 0 Å². The monoisotopic (exact) mass is 410 g/mol. The van der Waals surface area contributed by atoms with Crippen LogP contribution < -0.4 is 5.43 Å². The smallest absolute Gasteiger partial charge is 0.190 e. The fraction of sp³-hybridized carbons (Fsp3) is 0.348. The number of aromatic nitrogens is 1. The Balaban J connectivity index is 1.89. The van der Waals surface area contributed by atoms with Gasteiger partial charge in [0.25, 0.3) is 0 Å². The number of rotatable bonds is 7. The topological polar surface area (TPSA) is 50.0 Å². The van der Waals surface area contributed by atoms with Crippen LogP contribution in [0.25, 0.3) is 0 Å². The largest absolute Gasteiger partial charge is 0.345 e. The number of aliphatic imine (C=N–C) groups is 2. The summed E-state index contributed by atoms with van der Waals surface area (Å²) in [5.41, 5.74) is 2.54. The van der Waals surface area contributed by atoms with Crippen LogP contribution in [0, 0.1) is 5.92 Å². The Kier molecular flexibility index (Phi) is 7.55. The minimum atomic E-state index is -0.0859. The predicted octanol–water partition coefficient (Wildman–Crippen LogP) is 4.26. The van der Waals surface area contributed by atoms with E-state index in [4.69, 9.17) is 11.6 Å². The lowest BCUT2D eigenvalue weighted by Gasteiger charge is -2.39. The molecule has 0 saturated carbocycles. The number of alkyl halides is 1. The second-order valence-corrected chi connectivity index (χ2v) is 7.63. The SMILES string of the molecule is C=CN=CN=Cc1c(CCl)n(C2CN(Cc3ccccc3)CCC2C)ccc1=O. The van der Waals surface area contributed by atoms with Crippen LogP contribution in [-0.4, -0.2) is 35.1 Å². The van der Waals surface area contributed by atoms with Gasteiger partial charge in [-0.25, -0.2) is 9.98 Å². The van der Waals surface area contributed by atoms with Crippen molar-refractivity contribution in [3.8, 4) is 0 Å². The second kappa shape index (κ2) is 10.3. The molecule has 0 bridgehead atoms. The maximum Gasteiger partial charge on any atom is 0.190 e. The lowest BCUT2D eigenvalue weighted by atomic mass is 9.92. The van der Waals surface area contributed by atoms with Crippen LogP contribution >= 0.6 is 11.6 Å². The van der Waals surface area contributed by atoms with Gasteiger partial charge in [0, 0.05) is 49.5 Å². The van der Waals surface area contributed by atoms with Crippen molar-refractivity contribution in [3.05, 3.63) is 82.4 Å². The van der Waals surface area contributed by atoms with E-state index in [1.165, 1.54) is 18.1 Å². The van der Waals surface area contributed by atoms with E-state index in [9.17, 15) is 4.79 Å². The zero-order chi connectivity index (χ0) is 20.6. The third-order valence-corrected chi connectivity index (χ3v) is 5.71. The standard InChI is InChI=1S/C23H27ClN4O/c1-3-25-17-26-14-20-21(13-24)28(12-10-23(20)29)22-16-27(11-9-18(22)2)15-19-7-5-4-6-8-19/h3-8,10,12,14,17-18,22H,1,9,11,13,15-16H2,2H3. The average molecular weight is 411 g/mol. The highest BCUT2D eigenvalue weighted by Gasteiger charge is 2.29. The molecule has 2 heterocycles. The molecule has 0 N–H and O–H groups in total. The van der Waals surface area contributed by atoms with Gasteiger partial charge in [-0.15, -0.1) is 11.6 Å². The number of nitrogens with zero attached hydrogens (tertiary/aromatic N) is 4. The Labute approximate surface area is 177 Å². The highest BCUT2D eigenvalue weighted by molar-refractivity contribution is 6.17. The first-order chi connectivity index (χ1) is 14.1. The molecule has 1 aliphatic heterocycles. The highest BCUT2D eigenvalue weighted by Crippen LogP contribution is 2.30. The van der Waals surface area contributed by atoms with Crippen molar-refractivity contribution >= 4 is 24.2 Å². The van der Waals surface area contributed by atoms with Gasteiger partial charge in [0.15, 0.2) is 5.43 Å². The zero-order valence-corrected chi connectivity index (χ0v) is 17.5. The number of hydrogen-bond donors (Lipinski definition) is 0. The Morgan fingerprint density at radius 3 is 2.76 bits per heavy atom. The van der Waals surface area contributed by atoms with Gasteiger partial charge in [0.1, 0.15) is 6.34 Å². The number of pyridine rings is 1. The molecule has 0 spiro atoms. The molecule has 2 unspecified atom stereocenters. The summed E-state index contributed by atoms with van der Waals surface area (Å²) in [7, 11) is 0. The average Bonchev–Trinajstić information content (AvgIpc) is 2.74. The molecule has 0 radical (unpaired) electrons.